The van der Waals surface area contributed by atoms with Gasteiger partial charge in [0.1, 0.15) is 0 Å². The van der Waals surface area contributed by atoms with Gasteiger partial charge in [-0.2, -0.15) is 0 Å². The molecule has 1 aromatic carbocycles. The highest BCUT2D eigenvalue weighted by Gasteiger charge is 2.33. The molecule has 0 aliphatic carbocycles. The van der Waals surface area contributed by atoms with Crippen LogP contribution in [0.3, 0.4) is 0 Å². The van der Waals surface area contributed by atoms with Crippen molar-refractivity contribution in [3.8, 4) is 0 Å². The highest BCUT2D eigenvalue weighted by Crippen LogP contribution is 2.31. The summed E-state index contributed by atoms with van der Waals surface area (Å²) in [7, 11) is 0. The van der Waals surface area contributed by atoms with Crippen LogP contribution in [0.2, 0.25) is 5.02 Å². The van der Waals surface area contributed by atoms with Crippen LogP contribution in [0.4, 0.5) is 0 Å². The molecular formula is C16H23ClN2O2. The molecule has 4 nitrogen and oxygen atoms in total. The average Bonchev–Trinajstić information content (AvgIpc) is 2.46. The zero-order valence-electron chi connectivity index (χ0n) is 12.6. The molecule has 1 amide bonds. The number of amides is 1. The van der Waals surface area contributed by atoms with E-state index in [1.54, 1.807) is 30.9 Å². The van der Waals surface area contributed by atoms with E-state index in [9.17, 15) is 9.90 Å². The largest absolute Gasteiger partial charge is 0.388 e. The van der Waals surface area contributed by atoms with Gasteiger partial charge in [-0.25, -0.2) is 0 Å². The minimum Gasteiger partial charge on any atom is -0.388 e. The number of aliphatic hydroxyl groups excluding tert-OH is 1. The first-order chi connectivity index (χ1) is 9.79. The fourth-order valence-corrected chi connectivity index (χ4v) is 2.88. The molecule has 0 unspecified atom stereocenters. The van der Waals surface area contributed by atoms with Crippen molar-refractivity contribution in [2.24, 2.45) is 11.7 Å². The number of carbonyl (C=O) groups excluding carboxylic acids is 1. The molecule has 0 spiro atoms. The number of hydrogen-bond acceptors (Lipinski definition) is 3. The third-order valence-electron chi connectivity index (χ3n) is 4.04. The second-order valence-electron chi connectivity index (χ2n) is 6.35. The zero-order chi connectivity index (χ0) is 15.6. The van der Waals surface area contributed by atoms with Crippen molar-refractivity contribution in [1.29, 1.82) is 0 Å². The summed E-state index contributed by atoms with van der Waals surface area (Å²) in [5, 5.41) is 11.1. The molecule has 1 aliphatic heterocycles. The van der Waals surface area contributed by atoms with Crippen LogP contribution >= 0.6 is 11.6 Å². The van der Waals surface area contributed by atoms with E-state index in [1.165, 1.54) is 0 Å². The number of rotatable bonds is 3. The van der Waals surface area contributed by atoms with Crippen molar-refractivity contribution in [3.05, 3.63) is 34.9 Å². The maximum Gasteiger partial charge on any atom is 0.242 e. The topological polar surface area (TPSA) is 66.6 Å². The van der Waals surface area contributed by atoms with Gasteiger partial charge in [-0.3, -0.25) is 4.79 Å². The van der Waals surface area contributed by atoms with Crippen molar-refractivity contribution >= 4 is 17.5 Å². The maximum atomic E-state index is 12.1. The quantitative estimate of drug-likeness (QED) is 0.900. The van der Waals surface area contributed by atoms with Crippen molar-refractivity contribution < 1.29 is 9.90 Å². The first kappa shape index (κ1) is 16.3. The number of benzene rings is 1. The average molecular weight is 311 g/mol. The Hall–Kier alpha value is -1.10. The van der Waals surface area contributed by atoms with Crippen LogP contribution in [0.25, 0.3) is 0 Å². The van der Waals surface area contributed by atoms with E-state index in [-0.39, 0.29) is 11.8 Å². The number of halogens is 1. The molecule has 1 aromatic rings. The first-order valence-corrected chi connectivity index (χ1v) is 7.68. The second-order valence-corrected chi connectivity index (χ2v) is 6.78. The first-order valence-electron chi connectivity index (χ1n) is 7.31. The molecule has 2 rings (SSSR count). The molecular weight excluding hydrogens is 288 g/mol. The number of nitrogens with zero attached hydrogens (tertiary/aromatic N) is 1. The Labute approximate surface area is 130 Å². The summed E-state index contributed by atoms with van der Waals surface area (Å²) in [6.45, 7) is 4.75. The Kier molecular flexibility index (Phi) is 4.91. The maximum absolute atomic E-state index is 12.1. The zero-order valence-corrected chi connectivity index (χ0v) is 13.3. The smallest absolute Gasteiger partial charge is 0.242 e. The predicted octanol–water partition coefficient (Wildman–Crippen LogP) is 2.35. The van der Waals surface area contributed by atoms with E-state index in [0.717, 1.165) is 18.4 Å². The lowest BCUT2D eigenvalue weighted by molar-refractivity contribution is -0.137. The third kappa shape index (κ3) is 3.96. The lowest BCUT2D eigenvalue weighted by atomic mass is 9.87. The Balaban J connectivity index is 1.94. The molecule has 3 N–H and O–H groups in total. The molecule has 21 heavy (non-hydrogen) atoms. The lowest BCUT2D eigenvalue weighted by Gasteiger charge is -2.37. The number of hydrogen-bond donors (Lipinski definition) is 2. The van der Waals surface area contributed by atoms with E-state index in [1.807, 2.05) is 12.1 Å². The van der Waals surface area contributed by atoms with Gasteiger partial charge in [-0.15, -0.1) is 0 Å². The van der Waals surface area contributed by atoms with Crippen LogP contribution in [0, 0.1) is 5.92 Å². The standard InChI is InChI=1S/C16H23ClN2O2/c1-16(2,18)15(21)19-9-7-12(8-10-19)14(20)11-3-5-13(17)6-4-11/h3-6,12,14,20H,7-10,18H2,1-2H3/t14-/m0/s1. The molecule has 1 aliphatic rings. The highest BCUT2D eigenvalue weighted by atomic mass is 35.5. The predicted molar refractivity (Wildman–Crippen MR) is 84.0 cm³/mol. The molecule has 1 saturated heterocycles. The van der Waals surface area contributed by atoms with Gasteiger partial charge in [-0.05, 0) is 50.3 Å². The molecule has 1 heterocycles. The Morgan fingerprint density at radius 1 is 1.33 bits per heavy atom. The number of piperidine rings is 1. The van der Waals surface area contributed by atoms with Crippen LogP contribution in [-0.4, -0.2) is 34.5 Å². The minimum atomic E-state index is -0.832. The lowest BCUT2D eigenvalue weighted by Crippen LogP contribution is -2.53. The Bertz CT molecular complexity index is 488. The summed E-state index contributed by atoms with van der Waals surface area (Å²) in [4.78, 5) is 13.9. The normalized spacial score (nSPS) is 18.6. The summed E-state index contributed by atoms with van der Waals surface area (Å²) in [5.41, 5.74) is 5.90. The van der Waals surface area contributed by atoms with Gasteiger partial charge in [0, 0.05) is 18.1 Å². The van der Waals surface area contributed by atoms with Gasteiger partial charge in [0.2, 0.25) is 5.91 Å². The van der Waals surface area contributed by atoms with E-state index < -0.39 is 11.6 Å². The van der Waals surface area contributed by atoms with Crippen LogP contribution in [0.5, 0.6) is 0 Å². The number of carbonyl (C=O) groups is 1. The molecule has 1 fully saturated rings. The van der Waals surface area contributed by atoms with Crippen molar-refractivity contribution in [2.45, 2.75) is 38.3 Å². The van der Waals surface area contributed by atoms with Crippen LogP contribution in [0.1, 0.15) is 38.4 Å². The van der Waals surface area contributed by atoms with Gasteiger partial charge in [0.15, 0.2) is 0 Å². The molecule has 0 saturated carbocycles. The molecule has 0 bridgehead atoms. The summed E-state index contributed by atoms with van der Waals surface area (Å²) < 4.78 is 0. The third-order valence-corrected chi connectivity index (χ3v) is 4.29. The van der Waals surface area contributed by atoms with Gasteiger partial charge in [0.25, 0.3) is 0 Å². The molecule has 116 valence electrons. The van der Waals surface area contributed by atoms with E-state index in [4.69, 9.17) is 17.3 Å². The van der Waals surface area contributed by atoms with E-state index >= 15 is 0 Å². The summed E-state index contributed by atoms with van der Waals surface area (Å²) >= 11 is 5.86. The molecule has 0 aromatic heterocycles. The molecule has 1 atom stereocenters. The van der Waals surface area contributed by atoms with Gasteiger partial charge < -0.3 is 15.7 Å². The van der Waals surface area contributed by atoms with E-state index in [0.29, 0.717) is 18.1 Å². The van der Waals surface area contributed by atoms with Gasteiger partial charge >= 0.3 is 0 Å². The monoisotopic (exact) mass is 310 g/mol. The Morgan fingerprint density at radius 2 is 1.86 bits per heavy atom. The van der Waals surface area contributed by atoms with Crippen LogP contribution in [-0.2, 0) is 4.79 Å². The van der Waals surface area contributed by atoms with Crippen LogP contribution in [0.15, 0.2) is 24.3 Å². The Morgan fingerprint density at radius 3 is 2.33 bits per heavy atom. The van der Waals surface area contributed by atoms with Crippen LogP contribution < -0.4 is 5.73 Å². The fourth-order valence-electron chi connectivity index (χ4n) is 2.76. The molecule has 5 heteroatoms. The summed E-state index contributed by atoms with van der Waals surface area (Å²) in [6, 6.07) is 7.28. The highest BCUT2D eigenvalue weighted by molar-refractivity contribution is 6.30. The van der Waals surface area contributed by atoms with Crippen molar-refractivity contribution in [1.82, 2.24) is 4.90 Å². The number of nitrogens with two attached hydrogens (primary N) is 1. The summed E-state index contributed by atoms with van der Waals surface area (Å²) in [6.07, 6.45) is 1.06. The number of aliphatic hydroxyl groups is 1. The second kappa shape index (κ2) is 6.34. The molecule has 0 radical (unpaired) electrons. The van der Waals surface area contributed by atoms with Crippen molar-refractivity contribution in [3.63, 3.8) is 0 Å². The van der Waals surface area contributed by atoms with Crippen molar-refractivity contribution in [2.75, 3.05) is 13.1 Å². The fraction of sp³-hybridized carbons (Fsp3) is 0.562. The van der Waals surface area contributed by atoms with Gasteiger partial charge in [0.05, 0.1) is 11.6 Å². The number of likely N-dealkylation sites (tertiary alicyclic amines) is 1. The summed E-state index contributed by atoms with van der Waals surface area (Å²) in [5.74, 6) is 0.137. The minimum absolute atomic E-state index is 0.0260. The SMILES string of the molecule is CC(C)(N)C(=O)N1CCC([C@@H](O)c2ccc(Cl)cc2)CC1. The van der Waals surface area contributed by atoms with Gasteiger partial charge in [-0.1, -0.05) is 23.7 Å². The van der Waals surface area contributed by atoms with E-state index in [2.05, 4.69) is 0 Å².